The predicted molar refractivity (Wildman–Crippen MR) is 84.0 cm³/mol. The molecule has 0 unspecified atom stereocenters. The number of aliphatic carboxylic acids is 1. The first-order valence-electron chi connectivity index (χ1n) is 6.08. The monoisotopic (exact) mass is 335 g/mol. The number of nitro groups is 2. The molecule has 0 aliphatic rings. The molecule has 0 atom stereocenters. The zero-order valence-corrected chi connectivity index (χ0v) is 12.1. The first-order chi connectivity index (χ1) is 10.9. The fourth-order valence-electron chi connectivity index (χ4n) is 1.72. The van der Waals surface area contributed by atoms with E-state index in [0.717, 1.165) is 12.1 Å². The zero-order chi connectivity index (χ0) is 17.0. The largest absolute Gasteiger partial charge is 0.478 e. The molecule has 0 saturated heterocycles. The van der Waals surface area contributed by atoms with Crippen LogP contribution in [0.5, 0.6) is 0 Å². The minimum absolute atomic E-state index is 0.00197. The van der Waals surface area contributed by atoms with E-state index in [-0.39, 0.29) is 10.0 Å². The Bertz CT molecular complexity index is 814. The van der Waals surface area contributed by atoms with Crippen LogP contribution in [0.25, 0.3) is 6.08 Å². The van der Waals surface area contributed by atoms with Gasteiger partial charge in [-0.3, -0.25) is 20.2 Å². The van der Waals surface area contributed by atoms with Gasteiger partial charge in [-0.2, -0.15) is 0 Å². The number of anilines is 2. The first kappa shape index (κ1) is 16.1. The molecule has 0 spiro atoms. The Kier molecular flexibility index (Phi) is 4.66. The van der Waals surface area contributed by atoms with Crippen LogP contribution in [0.15, 0.2) is 36.4 Å². The number of benzene rings is 1. The van der Waals surface area contributed by atoms with Gasteiger partial charge in [-0.25, -0.2) is 4.79 Å². The second-order valence-corrected chi connectivity index (χ2v) is 5.23. The molecular weight excluding hydrogens is 326 g/mol. The summed E-state index contributed by atoms with van der Waals surface area (Å²) in [4.78, 5) is 30.9. The van der Waals surface area contributed by atoms with Crippen LogP contribution >= 0.6 is 11.3 Å². The summed E-state index contributed by atoms with van der Waals surface area (Å²) < 4.78 is 0. The number of carboxylic acids is 1. The lowest BCUT2D eigenvalue weighted by atomic mass is 10.1. The van der Waals surface area contributed by atoms with E-state index in [0.29, 0.717) is 22.6 Å². The van der Waals surface area contributed by atoms with Gasteiger partial charge in [0.05, 0.1) is 9.85 Å². The highest BCUT2D eigenvalue weighted by Crippen LogP contribution is 2.41. The molecule has 2 rings (SSSR count). The molecule has 0 radical (unpaired) electrons. The quantitative estimate of drug-likeness (QED) is 0.469. The van der Waals surface area contributed by atoms with Gasteiger partial charge in [-0.05, 0) is 29.0 Å². The van der Waals surface area contributed by atoms with E-state index in [1.54, 1.807) is 24.3 Å². The predicted octanol–water partition coefficient (Wildman–Crippen LogP) is 3.41. The second-order valence-electron chi connectivity index (χ2n) is 4.20. The molecule has 0 saturated carbocycles. The number of thiophene rings is 1. The van der Waals surface area contributed by atoms with E-state index in [2.05, 4.69) is 5.32 Å². The van der Waals surface area contributed by atoms with Crippen molar-refractivity contribution in [3.63, 3.8) is 0 Å². The summed E-state index contributed by atoms with van der Waals surface area (Å²) in [5.74, 6) is -1.14. The summed E-state index contributed by atoms with van der Waals surface area (Å²) in [5.41, 5.74) is 0.448. The molecule has 0 bridgehead atoms. The molecule has 1 aromatic carbocycles. The summed E-state index contributed by atoms with van der Waals surface area (Å²) in [6.45, 7) is 0. The average Bonchev–Trinajstić information content (AvgIpc) is 2.90. The van der Waals surface area contributed by atoms with Crippen molar-refractivity contribution in [2.24, 2.45) is 0 Å². The van der Waals surface area contributed by atoms with Crippen molar-refractivity contribution in [2.75, 3.05) is 5.32 Å². The fourth-order valence-corrected chi connectivity index (χ4v) is 2.58. The molecule has 2 aromatic rings. The van der Waals surface area contributed by atoms with Crippen LogP contribution in [0.1, 0.15) is 5.56 Å². The molecular formula is C13H9N3O6S. The lowest BCUT2D eigenvalue weighted by Crippen LogP contribution is -1.95. The van der Waals surface area contributed by atoms with E-state index < -0.39 is 21.5 Å². The van der Waals surface area contributed by atoms with Gasteiger partial charge in [0.1, 0.15) is 6.07 Å². The van der Waals surface area contributed by atoms with Gasteiger partial charge in [0.15, 0.2) is 5.00 Å². The number of carboxylic acid groups (broad SMARTS) is 1. The molecule has 1 heterocycles. The van der Waals surface area contributed by atoms with Gasteiger partial charge in [0, 0.05) is 11.8 Å². The number of carbonyl (C=O) groups is 1. The lowest BCUT2D eigenvalue weighted by molar-refractivity contribution is -0.389. The molecule has 0 aliphatic carbocycles. The van der Waals surface area contributed by atoms with E-state index in [4.69, 9.17) is 5.11 Å². The van der Waals surface area contributed by atoms with Gasteiger partial charge in [-0.1, -0.05) is 18.2 Å². The number of hydrogen-bond donors (Lipinski definition) is 2. The number of rotatable bonds is 6. The highest BCUT2D eigenvalue weighted by atomic mass is 32.1. The minimum Gasteiger partial charge on any atom is -0.478 e. The maximum Gasteiger partial charge on any atom is 0.333 e. The Morgan fingerprint density at radius 3 is 2.52 bits per heavy atom. The summed E-state index contributed by atoms with van der Waals surface area (Å²) in [6.07, 6.45) is 2.24. The lowest BCUT2D eigenvalue weighted by Gasteiger charge is -2.06. The van der Waals surface area contributed by atoms with Gasteiger partial charge < -0.3 is 10.4 Å². The molecule has 118 valence electrons. The van der Waals surface area contributed by atoms with E-state index in [1.165, 1.54) is 6.08 Å². The fraction of sp³-hybridized carbons (Fsp3) is 0. The van der Waals surface area contributed by atoms with Gasteiger partial charge >= 0.3 is 16.7 Å². The average molecular weight is 335 g/mol. The van der Waals surface area contributed by atoms with Crippen LogP contribution in [-0.2, 0) is 4.79 Å². The van der Waals surface area contributed by atoms with E-state index in [9.17, 15) is 25.0 Å². The molecule has 0 aliphatic heterocycles. The number of para-hydroxylation sites is 1. The summed E-state index contributed by atoms with van der Waals surface area (Å²) in [7, 11) is 0. The zero-order valence-electron chi connectivity index (χ0n) is 11.3. The SMILES string of the molecule is O=C(O)C=Cc1ccccc1Nc1sc([N+](=O)[O-])cc1[N+](=O)[O-]. The van der Waals surface area contributed by atoms with Crippen LogP contribution in [0.2, 0.25) is 0 Å². The summed E-state index contributed by atoms with van der Waals surface area (Å²) in [5, 5.41) is 32.8. The normalized spacial score (nSPS) is 10.6. The third kappa shape index (κ3) is 3.89. The van der Waals surface area contributed by atoms with Crippen molar-refractivity contribution in [1.29, 1.82) is 0 Å². The van der Waals surface area contributed by atoms with Crippen molar-refractivity contribution in [2.45, 2.75) is 0 Å². The number of nitrogens with one attached hydrogen (secondary N) is 1. The van der Waals surface area contributed by atoms with Crippen LogP contribution < -0.4 is 5.32 Å². The first-order valence-corrected chi connectivity index (χ1v) is 6.90. The van der Waals surface area contributed by atoms with Crippen LogP contribution in [0.4, 0.5) is 21.4 Å². The van der Waals surface area contributed by atoms with Crippen LogP contribution in [0.3, 0.4) is 0 Å². The Labute approximate surface area is 132 Å². The van der Waals surface area contributed by atoms with Crippen molar-refractivity contribution in [1.82, 2.24) is 0 Å². The maximum atomic E-state index is 11.0. The molecule has 2 N–H and O–H groups in total. The smallest absolute Gasteiger partial charge is 0.333 e. The maximum absolute atomic E-state index is 11.0. The van der Waals surface area contributed by atoms with Gasteiger partial charge in [0.25, 0.3) is 0 Å². The van der Waals surface area contributed by atoms with Crippen LogP contribution in [-0.4, -0.2) is 20.9 Å². The van der Waals surface area contributed by atoms with Gasteiger partial charge in [-0.15, -0.1) is 0 Å². The third-order valence-corrected chi connectivity index (χ3v) is 3.68. The van der Waals surface area contributed by atoms with Crippen molar-refractivity contribution < 1.29 is 19.7 Å². The Morgan fingerprint density at radius 2 is 1.91 bits per heavy atom. The molecule has 0 fully saturated rings. The summed E-state index contributed by atoms with van der Waals surface area (Å²) in [6, 6.07) is 7.38. The highest BCUT2D eigenvalue weighted by molar-refractivity contribution is 7.19. The second kappa shape index (κ2) is 6.66. The van der Waals surface area contributed by atoms with Gasteiger partial charge in [0.2, 0.25) is 0 Å². The van der Waals surface area contributed by atoms with Crippen molar-refractivity contribution in [3.05, 3.63) is 62.2 Å². The van der Waals surface area contributed by atoms with Crippen molar-refractivity contribution >= 4 is 44.8 Å². The Balaban J connectivity index is 2.41. The molecule has 0 amide bonds. The molecule has 1 aromatic heterocycles. The van der Waals surface area contributed by atoms with E-state index in [1.807, 2.05) is 0 Å². The highest BCUT2D eigenvalue weighted by Gasteiger charge is 2.25. The third-order valence-electron chi connectivity index (χ3n) is 2.69. The number of hydrogen-bond acceptors (Lipinski definition) is 7. The van der Waals surface area contributed by atoms with Crippen LogP contribution in [0, 0.1) is 20.2 Å². The molecule has 9 nitrogen and oxygen atoms in total. The molecule has 10 heteroatoms. The Hall–Kier alpha value is -3.27. The minimum atomic E-state index is -1.14. The summed E-state index contributed by atoms with van der Waals surface area (Å²) >= 11 is 0.632. The Morgan fingerprint density at radius 1 is 1.22 bits per heavy atom. The topological polar surface area (TPSA) is 136 Å². The van der Waals surface area contributed by atoms with Crippen molar-refractivity contribution in [3.8, 4) is 0 Å². The molecule has 23 heavy (non-hydrogen) atoms. The van der Waals surface area contributed by atoms with E-state index >= 15 is 0 Å². The standard InChI is InChI=1S/C13H9N3O6S/c17-12(18)6-5-8-3-1-2-4-9(8)14-13-10(15(19)20)7-11(23-13)16(21)22/h1-7,14H,(H,17,18). The number of nitrogens with zero attached hydrogens (tertiary/aromatic N) is 2.